The summed E-state index contributed by atoms with van der Waals surface area (Å²) in [4.78, 5) is 7.11. The summed E-state index contributed by atoms with van der Waals surface area (Å²) in [6, 6.07) is 6.22. The number of nitrogen functional groups attached to an aromatic ring is 1. The predicted octanol–water partition coefficient (Wildman–Crippen LogP) is 3.84. The van der Waals surface area contributed by atoms with Gasteiger partial charge in [-0.2, -0.15) is 0 Å². The van der Waals surface area contributed by atoms with E-state index in [0.29, 0.717) is 21.6 Å². The van der Waals surface area contributed by atoms with Gasteiger partial charge >= 0.3 is 0 Å². The molecule has 2 heterocycles. The van der Waals surface area contributed by atoms with Crippen molar-refractivity contribution >= 4 is 32.7 Å². The zero-order valence-electron chi connectivity index (χ0n) is 9.65. The first-order chi connectivity index (χ1) is 9.15. The number of halogens is 2. The molecule has 0 aliphatic rings. The van der Waals surface area contributed by atoms with Gasteiger partial charge in [0.2, 0.25) is 0 Å². The molecular formula is C13H9BrFN3O. The summed E-state index contributed by atoms with van der Waals surface area (Å²) in [5, 5.41) is 0.787. The molecule has 3 N–H and O–H groups in total. The molecule has 1 aromatic carbocycles. The number of rotatable bonds is 2. The lowest BCUT2D eigenvalue weighted by atomic mass is 10.3. The van der Waals surface area contributed by atoms with Crippen LogP contribution in [0.5, 0.6) is 11.5 Å². The topological polar surface area (TPSA) is 63.9 Å². The zero-order chi connectivity index (χ0) is 13.4. The number of ether oxygens (including phenoxy) is 1. The lowest BCUT2D eigenvalue weighted by molar-refractivity contribution is 0.446. The molecule has 0 fully saturated rings. The molecule has 4 nitrogen and oxygen atoms in total. The van der Waals surface area contributed by atoms with Crippen molar-refractivity contribution in [3.05, 3.63) is 46.9 Å². The number of nitrogens with one attached hydrogen (secondary N) is 1. The van der Waals surface area contributed by atoms with Gasteiger partial charge in [0.15, 0.2) is 11.6 Å². The number of fused-ring (bicyclic) bond motifs is 1. The fraction of sp³-hybridized carbons (Fsp3) is 0. The Bertz CT molecular complexity index is 757. The fourth-order valence-corrected chi connectivity index (χ4v) is 2.09. The van der Waals surface area contributed by atoms with Gasteiger partial charge in [-0.25, -0.2) is 9.37 Å². The monoisotopic (exact) mass is 321 g/mol. The third kappa shape index (κ3) is 2.15. The number of anilines is 1. The number of aromatic amines is 1. The number of nitrogens with two attached hydrogens (primary N) is 1. The second-order valence-corrected chi connectivity index (χ2v) is 4.81. The summed E-state index contributed by atoms with van der Waals surface area (Å²) in [5.74, 6) is 0.123. The average molecular weight is 322 g/mol. The molecule has 0 radical (unpaired) electrons. The van der Waals surface area contributed by atoms with Gasteiger partial charge in [0.25, 0.3) is 0 Å². The van der Waals surface area contributed by atoms with Crippen LogP contribution in [0.2, 0.25) is 0 Å². The maximum atomic E-state index is 13.8. The highest BCUT2D eigenvalue weighted by molar-refractivity contribution is 9.10. The van der Waals surface area contributed by atoms with Gasteiger partial charge in [0, 0.05) is 34.7 Å². The van der Waals surface area contributed by atoms with E-state index in [4.69, 9.17) is 10.5 Å². The molecule has 0 saturated heterocycles. The number of hydrogen-bond donors (Lipinski definition) is 2. The van der Waals surface area contributed by atoms with Crippen LogP contribution < -0.4 is 10.5 Å². The Morgan fingerprint density at radius 1 is 1.26 bits per heavy atom. The highest BCUT2D eigenvalue weighted by Gasteiger charge is 2.11. The van der Waals surface area contributed by atoms with E-state index in [1.807, 2.05) is 6.07 Å². The van der Waals surface area contributed by atoms with Gasteiger partial charge in [0.05, 0.1) is 5.39 Å². The van der Waals surface area contributed by atoms with E-state index in [-0.39, 0.29) is 5.75 Å². The van der Waals surface area contributed by atoms with Crippen molar-refractivity contribution < 1.29 is 9.13 Å². The Balaban J connectivity index is 2.06. The van der Waals surface area contributed by atoms with Gasteiger partial charge in [-0.05, 0) is 28.1 Å². The molecule has 2 aromatic heterocycles. The predicted molar refractivity (Wildman–Crippen MR) is 74.7 cm³/mol. The van der Waals surface area contributed by atoms with Gasteiger partial charge in [-0.15, -0.1) is 0 Å². The molecule has 0 aliphatic carbocycles. The van der Waals surface area contributed by atoms with Crippen molar-refractivity contribution in [1.82, 2.24) is 9.97 Å². The SMILES string of the molecule is Nc1cc(F)c(Oc2ccnc3[nH]ccc23)cc1Br. The van der Waals surface area contributed by atoms with Crippen LogP contribution in [0.4, 0.5) is 10.1 Å². The third-order valence-electron chi connectivity index (χ3n) is 2.69. The lowest BCUT2D eigenvalue weighted by Gasteiger charge is -2.09. The molecule has 19 heavy (non-hydrogen) atoms. The highest BCUT2D eigenvalue weighted by Crippen LogP contribution is 2.33. The number of H-pyrrole nitrogens is 1. The second kappa shape index (κ2) is 4.55. The van der Waals surface area contributed by atoms with Crippen molar-refractivity contribution in [3.63, 3.8) is 0 Å². The second-order valence-electron chi connectivity index (χ2n) is 3.96. The molecular weight excluding hydrogens is 313 g/mol. The first-order valence-electron chi connectivity index (χ1n) is 5.49. The van der Waals surface area contributed by atoms with Crippen molar-refractivity contribution in [2.45, 2.75) is 0 Å². The summed E-state index contributed by atoms with van der Waals surface area (Å²) in [6.45, 7) is 0. The Kier molecular flexibility index (Phi) is 2.87. The number of benzene rings is 1. The van der Waals surface area contributed by atoms with E-state index in [0.717, 1.165) is 5.39 Å². The molecule has 3 aromatic rings. The Hall–Kier alpha value is -2.08. The fourth-order valence-electron chi connectivity index (χ4n) is 1.77. The van der Waals surface area contributed by atoms with Crippen molar-refractivity contribution in [2.24, 2.45) is 0 Å². The summed E-state index contributed by atoms with van der Waals surface area (Å²) >= 11 is 3.25. The van der Waals surface area contributed by atoms with E-state index in [1.54, 1.807) is 18.5 Å². The summed E-state index contributed by atoms with van der Waals surface area (Å²) in [7, 11) is 0. The maximum Gasteiger partial charge on any atom is 0.167 e. The van der Waals surface area contributed by atoms with Crippen LogP contribution in [-0.2, 0) is 0 Å². The van der Waals surface area contributed by atoms with Crippen LogP contribution in [-0.4, -0.2) is 9.97 Å². The smallest absolute Gasteiger partial charge is 0.167 e. The molecule has 0 atom stereocenters. The van der Waals surface area contributed by atoms with Crippen LogP contribution in [0.1, 0.15) is 0 Å². The van der Waals surface area contributed by atoms with Gasteiger partial charge in [-0.3, -0.25) is 0 Å². The van der Waals surface area contributed by atoms with Gasteiger partial charge in [0.1, 0.15) is 11.4 Å². The van der Waals surface area contributed by atoms with Gasteiger partial charge < -0.3 is 15.5 Å². The number of nitrogens with zero attached hydrogens (tertiary/aromatic N) is 1. The normalized spacial score (nSPS) is 10.8. The first kappa shape index (κ1) is 12.0. The van der Waals surface area contributed by atoms with Gasteiger partial charge in [-0.1, -0.05) is 0 Å². The minimum atomic E-state index is -0.513. The molecule has 96 valence electrons. The number of pyridine rings is 1. The van der Waals surface area contributed by atoms with E-state index in [9.17, 15) is 4.39 Å². The molecule has 0 unspecified atom stereocenters. The minimum absolute atomic E-state index is 0.106. The summed E-state index contributed by atoms with van der Waals surface area (Å²) in [5.41, 5.74) is 6.61. The molecule has 0 aliphatic heterocycles. The van der Waals surface area contributed by atoms with E-state index in [2.05, 4.69) is 25.9 Å². The van der Waals surface area contributed by atoms with E-state index in [1.165, 1.54) is 12.1 Å². The van der Waals surface area contributed by atoms with E-state index >= 15 is 0 Å². The van der Waals surface area contributed by atoms with Crippen molar-refractivity contribution in [3.8, 4) is 11.5 Å². The van der Waals surface area contributed by atoms with Crippen LogP contribution in [0.15, 0.2) is 41.1 Å². The summed E-state index contributed by atoms with van der Waals surface area (Å²) < 4.78 is 20.0. The Labute approximate surface area is 116 Å². The quantitative estimate of drug-likeness (QED) is 0.705. The number of aromatic nitrogens is 2. The zero-order valence-corrected chi connectivity index (χ0v) is 11.2. The van der Waals surface area contributed by atoms with Crippen molar-refractivity contribution in [1.29, 1.82) is 0 Å². The molecule has 0 amide bonds. The summed E-state index contributed by atoms with van der Waals surface area (Å²) in [6.07, 6.45) is 3.35. The third-order valence-corrected chi connectivity index (χ3v) is 3.38. The molecule has 0 saturated carbocycles. The van der Waals surface area contributed by atoms with Crippen LogP contribution >= 0.6 is 15.9 Å². The Morgan fingerprint density at radius 2 is 2.11 bits per heavy atom. The standard InChI is InChI=1S/C13H9BrFN3O/c14-8-5-12(9(15)6-10(8)16)19-11-2-4-18-13-7(11)1-3-17-13/h1-6H,16H2,(H,17,18). The van der Waals surface area contributed by atoms with Crippen LogP contribution in [0, 0.1) is 5.82 Å². The average Bonchev–Trinajstić information content (AvgIpc) is 2.85. The molecule has 3 rings (SSSR count). The van der Waals surface area contributed by atoms with Crippen molar-refractivity contribution in [2.75, 3.05) is 5.73 Å². The van der Waals surface area contributed by atoms with E-state index < -0.39 is 5.82 Å². The largest absolute Gasteiger partial charge is 0.453 e. The lowest BCUT2D eigenvalue weighted by Crippen LogP contribution is -1.93. The van der Waals surface area contributed by atoms with Crippen LogP contribution in [0.25, 0.3) is 11.0 Å². The minimum Gasteiger partial charge on any atom is -0.453 e. The highest BCUT2D eigenvalue weighted by atomic mass is 79.9. The maximum absolute atomic E-state index is 13.8. The molecule has 0 bridgehead atoms. The first-order valence-corrected chi connectivity index (χ1v) is 6.29. The number of hydrogen-bond acceptors (Lipinski definition) is 3. The van der Waals surface area contributed by atoms with Crippen LogP contribution in [0.3, 0.4) is 0 Å². The molecule has 6 heteroatoms. The Morgan fingerprint density at radius 3 is 2.95 bits per heavy atom. The molecule has 0 spiro atoms.